The highest BCUT2D eigenvalue weighted by atomic mass is 32.2. The van der Waals surface area contributed by atoms with Crippen molar-refractivity contribution in [3.63, 3.8) is 0 Å². The van der Waals surface area contributed by atoms with Gasteiger partial charge < -0.3 is 4.90 Å². The van der Waals surface area contributed by atoms with Crippen molar-refractivity contribution in [1.82, 2.24) is 4.90 Å². The topological polar surface area (TPSA) is 49.4 Å². The molecule has 1 heterocycles. The average Bonchev–Trinajstić information content (AvgIpc) is 2.74. The van der Waals surface area contributed by atoms with Crippen molar-refractivity contribution in [3.05, 3.63) is 59.7 Å². The van der Waals surface area contributed by atoms with Crippen molar-refractivity contribution in [2.75, 3.05) is 24.4 Å². The van der Waals surface area contributed by atoms with Crippen LogP contribution in [0.4, 0.5) is 5.69 Å². The minimum Gasteiger partial charge on any atom is -0.303 e. The zero-order valence-electron chi connectivity index (χ0n) is 19.5. The first-order valence-electron chi connectivity index (χ1n) is 11.7. The Morgan fingerprint density at radius 3 is 2.58 bits per heavy atom. The standard InChI is InChI=1S/C26H38N2O2S/c1-5-6-7-10-17-28-18-16-26(4,22(3)20-28)23-13-11-14-24(19-23)27-31(29,30)25-15-9-8-12-21(25)2/h8-9,11-15,19,22,27H,5-7,10,16-18,20H2,1-4H3. The summed E-state index contributed by atoms with van der Waals surface area (Å²) >= 11 is 0. The molecular weight excluding hydrogens is 404 g/mol. The molecule has 2 aromatic rings. The van der Waals surface area contributed by atoms with E-state index in [0.29, 0.717) is 16.5 Å². The van der Waals surface area contributed by atoms with Gasteiger partial charge in [-0.25, -0.2) is 8.42 Å². The van der Waals surface area contributed by atoms with E-state index >= 15 is 0 Å². The van der Waals surface area contributed by atoms with Crippen LogP contribution in [-0.4, -0.2) is 33.0 Å². The fourth-order valence-corrected chi connectivity index (χ4v) is 6.01. The zero-order chi connectivity index (χ0) is 22.5. The van der Waals surface area contributed by atoms with Crippen molar-refractivity contribution in [2.45, 2.75) is 70.1 Å². The zero-order valence-corrected chi connectivity index (χ0v) is 20.3. The van der Waals surface area contributed by atoms with Crippen LogP contribution in [0.1, 0.15) is 64.0 Å². The van der Waals surface area contributed by atoms with Gasteiger partial charge in [-0.1, -0.05) is 70.4 Å². The first-order valence-corrected chi connectivity index (χ1v) is 13.2. The molecule has 0 radical (unpaired) electrons. The first kappa shape index (κ1) is 23.8. The highest BCUT2D eigenvalue weighted by molar-refractivity contribution is 7.92. The van der Waals surface area contributed by atoms with E-state index in [-0.39, 0.29) is 5.41 Å². The van der Waals surface area contributed by atoms with Crippen LogP contribution in [0.5, 0.6) is 0 Å². The molecule has 2 aromatic carbocycles. The number of nitrogens with one attached hydrogen (secondary N) is 1. The Balaban J connectivity index is 1.72. The van der Waals surface area contributed by atoms with Gasteiger partial charge in [0, 0.05) is 12.2 Å². The maximum absolute atomic E-state index is 12.9. The number of nitrogens with zero attached hydrogens (tertiary/aromatic N) is 1. The maximum Gasteiger partial charge on any atom is 0.262 e. The van der Waals surface area contributed by atoms with Crippen molar-refractivity contribution in [2.24, 2.45) is 5.92 Å². The molecule has 31 heavy (non-hydrogen) atoms. The molecule has 0 aromatic heterocycles. The van der Waals surface area contributed by atoms with Gasteiger partial charge in [-0.05, 0) is 73.5 Å². The molecule has 0 aliphatic carbocycles. The molecule has 0 bridgehead atoms. The molecule has 1 N–H and O–H groups in total. The number of aryl methyl sites for hydroxylation is 1. The van der Waals surface area contributed by atoms with Gasteiger partial charge >= 0.3 is 0 Å². The number of unbranched alkanes of at least 4 members (excludes halogenated alkanes) is 3. The second kappa shape index (κ2) is 10.2. The molecule has 1 saturated heterocycles. The van der Waals surface area contributed by atoms with Gasteiger partial charge in [0.1, 0.15) is 0 Å². The summed E-state index contributed by atoms with van der Waals surface area (Å²) in [4.78, 5) is 2.93. The fourth-order valence-electron chi connectivity index (χ4n) is 4.72. The molecular formula is C26H38N2O2S. The summed E-state index contributed by atoms with van der Waals surface area (Å²) in [5, 5.41) is 0. The maximum atomic E-state index is 12.9. The molecule has 2 unspecified atom stereocenters. The number of sulfonamides is 1. The van der Waals surface area contributed by atoms with Crippen LogP contribution in [0.3, 0.4) is 0 Å². The van der Waals surface area contributed by atoms with E-state index in [1.54, 1.807) is 12.1 Å². The average molecular weight is 443 g/mol. The van der Waals surface area contributed by atoms with Crippen LogP contribution >= 0.6 is 0 Å². The van der Waals surface area contributed by atoms with Gasteiger partial charge in [-0.3, -0.25) is 4.72 Å². The lowest BCUT2D eigenvalue weighted by molar-refractivity contribution is 0.109. The third-order valence-electron chi connectivity index (χ3n) is 7.05. The number of likely N-dealkylation sites (tertiary alicyclic amines) is 1. The quantitative estimate of drug-likeness (QED) is 0.486. The predicted molar refractivity (Wildman–Crippen MR) is 130 cm³/mol. The Kier molecular flexibility index (Phi) is 7.82. The Morgan fingerprint density at radius 2 is 1.87 bits per heavy atom. The number of piperidine rings is 1. The van der Waals surface area contributed by atoms with E-state index in [4.69, 9.17) is 0 Å². The lowest BCUT2D eigenvalue weighted by atomic mass is 9.68. The van der Waals surface area contributed by atoms with Crippen molar-refractivity contribution in [1.29, 1.82) is 0 Å². The van der Waals surface area contributed by atoms with Crippen molar-refractivity contribution >= 4 is 15.7 Å². The van der Waals surface area contributed by atoms with Gasteiger partial charge in [0.05, 0.1) is 4.90 Å². The Hall–Kier alpha value is -1.85. The van der Waals surface area contributed by atoms with Crippen LogP contribution < -0.4 is 4.72 Å². The van der Waals surface area contributed by atoms with E-state index in [1.807, 2.05) is 37.3 Å². The predicted octanol–water partition coefficient (Wildman–Crippen LogP) is 5.98. The lowest BCUT2D eigenvalue weighted by Gasteiger charge is -2.45. The van der Waals surface area contributed by atoms with E-state index in [1.165, 1.54) is 37.8 Å². The molecule has 1 aliphatic heterocycles. The summed E-state index contributed by atoms with van der Waals surface area (Å²) in [6.07, 6.45) is 6.30. The van der Waals surface area contributed by atoms with E-state index in [9.17, 15) is 8.42 Å². The molecule has 2 atom stereocenters. The third-order valence-corrected chi connectivity index (χ3v) is 8.59. The molecule has 4 nitrogen and oxygen atoms in total. The van der Waals surface area contributed by atoms with Gasteiger partial charge in [0.25, 0.3) is 10.0 Å². The second-order valence-corrected chi connectivity index (χ2v) is 11.0. The Morgan fingerprint density at radius 1 is 1.10 bits per heavy atom. The summed E-state index contributed by atoms with van der Waals surface area (Å²) < 4.78 is 28.6. The summed E-state index contributed by atoms with van der Waals surface area (Å²) in [5.74, 6) is 0.510. The minimum atomic E-state index is -3.61. The minimum absolute atomic E-state index is 0.0457. The van der Waals surface area contributed by atoms with E-state index in [0.717, 1.165) is 25.1 Å². The van der Waals surface area contributed by atoms with Crippen molar-refractivity contribution < 1.29 is 8.42 Å². The van der Waals surface area contributed by atoms with E-state index in [2.05, 4.69) is 36.5 Å². The highest BCUT2D eigenvalue weighted by Crippen LogP contribution is 2.40. The SMILES string of the molecule is CCCCCCN1CCC(C)(c2cccc(NS(=O)(=O)c3ccccc3C)c2)C(C)C1. The summed E-state index contributed by atoms with van der Waals surface area (Å²) in [7, 11) is -3.61. The number of hydrogen-bond acceptors (Lipinski definition) is 3. The normalized spacial score (nSPS) is 22.4. The van der Waals surface area contributed by atoms with Crippen LogP contribution in [0.25, 0.3) is 0 Å². The third kappa shape index (κ3) is 5.69. The molecule has 1 fully saturated rings. The van der Waals surface area contributed by atoms with E-state index < -0.39 is 10.0 Å². The van der Waals surface area contributed by atoms with Gasteiger partial charge in [-0.15, -0.1) is 0 Å². The summed E-state index contributed by atoms with van der Waals surface area (Å²) in [6, 6.07) is 15.1. The van der Waals surface area contributed by atoms with Gasteiger partial charge in [0.2, 0.25) is 0 Å². The fraction of sp³-hybridized carbons (Fsp3) is 0.538. The van der Waals surface area contributed by atoms with Crippen LogP contribution in [0.2, 0.25) is 0 Å². The molecule has 3 rings (SSSR count). The smallest absolute Gasteiger partial charge is 0.262 e. The number of hydrogen-bond donors (Lipinski definition) is 1. The van der Waals surface area contributed by atoms with Crippen molar-refractivity contribution in [3.8, 4) is 0 Å². The Bertz CT molecular complexity index is 973. The molecule has 1 aliphatic rings. The highest BCUT2D eigenvalue weighted by Gasteiger charge is 2.38. The molecule has 0 saturated carbocycles. The number of rotatable bonds is 9. The molecule has 5 heteroatoms. The van der Waals surface area contributed by atoms with Crippen LogP contribution in [0, 0.1) is 12.8 Å². The summed E-state index contributed by atoms with van der Waals surface area (Å²) in [6.45, 7) is 12.1. The first-order chi connectivity index (χ1) is 14.8. The lowest BCUT2D eigenvalue weighted by Crippen LogP contribution is -2.47. The molecule has 0 amide bonds. The van der Waals surface area contributed by atoms with Crippen LogP contribution in [0.15, 0.2) is 53.4 Å². The summed E-state index contributed by atoms with van der Waals surface area (Å²) in [5.41, 5.74) is 2.65. The monoisotopic (exact) mass is 442 g/mol. The Labute approximate surface area is 189 Å². The largest absolute Gasteiger partial charge is 0.303 e. The van der Waals surface area contributed by atoms with Gasteiger partial charge in [0.15, 0.2) is 0 Å². The van der Waals surface area contributed by atoms with Crippen LogP contribution in [-0.2, 0) is 15.4 Å². The second-order valence-electron chi connectivity index (χ2n) is 9.38. The molecule has 0 spiro atoms. The number of benzene rings is 2. The number of anilines is 1. The van der Waals surface area contributed by atoms with Gasteiger partial charge in [-0.2, -0.15) is 0 Å². The molecule has 170 valence electrons.